The third-order valence-electron chi connectivity index (χ3n) is 5.48. The molecule has 0 N–H and O–H groups in total. The SMILES string of the molecule is Cc1nn(C)c(C)c1[C@H](C)N(C)C(=O)Cn1c(C)cc(=O)c2ccccc21. The number of aryl methyl sites for hydroxylation is 3. The molecule has 0 aliphatic heterocycles. The van der Waals surface area contributed by atoms with Crippen molar-refractivity contribution in [2.45, 2.75) is 40.3 Å². The van der Waals surface area contributed by atoms with Crippen LogP contribution in [-0.4, -0.2) is 32.2 Å². The normalized spacial score (nSPS) is 12.4. The smallest absolute Gasteiger partial charge is 0.242 e. The summed E-state index contributed by atoms with van der Waals surface area (Å²) in [5.74, 6) is -0.0120. The van der Waals surface area contributed by atoms with Crippen LogP contribution in [0.15, 0.2) is 35.1 Å². The second-order valence-electron chi connectivity index (χ2n) is 7.14. The average Bonchev–Trinajstić information content (AvgIpc) is 2.89. The lowest BCUT2D eigenvalue weighted by atomic mass is 10.1. The van der Waals surface area contributed by atoms with Crippen LogP contribution in [0.3, 0.4) is 0 Å². The standard InChI is InChI=1S/C21H26N4O2/c1-13-11-19(26)17-9-7-8-10-18(17)25(13)12-20(27)23(5)15(3)21-14(2)22-24(6)16(21)4/h7-11,15H,12H2,1-6H3/t15-/m0/s1. The zero-order chi connectivity index (χ0) is 19.9. The van der Waals surface area contributed by atoms with E-state index in [1.807, 2.05) is 69.2 Å². The Hall–Kier alpha value is -2.89. The maximum atomic E-state index is 13.0. The van der Waals surface area contributed by atoms with E-state index in [-0.39, 0.29) is 23.9 Å². The highest BCUT2D eigenvalue weighted by Gasteiger charge is 2.24. The zero-order valence-corrected chi connectivity index (χ0v) is 16.8. The molecule has 6 nitrogen and oxygen atoms in total. The number of amides is 1. The molecule has 1 amide bonds. The van der Waals surface area contributed by atoms with Crippen molar-refractivity contribution in [1.82, 2.24) is 19.2 Å². The van der Waals surface area contributed by atoms with E-state index in [2.05, 4.69) is 5.10 Å². The maximum Gasteiger partial charge on any atom is 0.242 e. The Bertz CT molecular complexity index is 1080. The molecule has 0 unspecified atom stereocenters. The number of fused-ring (bicyclic) bond motifs is 1. The third kappa shape index (κ3) is 3.27. The molecule has 0 aliphatic rings. The monoisotopic (exact) mass is 366 g/mol. The predicted molar refractivity (Wildman–Crippen MR) is 107 cm³/mol. The molecule has 0 fully saturated rings. The largest absolute Gasteiger partial charge is 0.337 e. The van der Waals surface area contributed by atoms with Crippen molar-refractivity contribution in [3.05, 3.63) is 63.2 Å². The van der Waals surface area contributed by atoms with E-state index in [9.17, 15) is 9.59 Å². The van der Waals surface area contributed by atoms with Crippen molar-refractivity contribution in [3.8, 4) is 0 Å². The van der Waals surface area contributed by atoms with Gasteiger partial charge in [-0.1, -0.05) is 12.1 Å². The summed E-state index contributed by atoms with van der Waals surface area (Å²) < 4.78 is 3.75. The van der Waals surface area contributed by atoms with Crippen molar-refractivity contribution in [1.29, 1.82) is 0 Å². The number of carbonyl (C=O) groups excluding carboxylic acids is 1. The van der Waals surface area contributed by atoms with E-state index in [1.165, 1.54) is 0 Å². The molecule has 0 bridgehead atoms. The number of aromatic nitrogens is 3. The third-order valence-corrected chi connectivity index (χ3v) is 5.48. The molecule has 2 aromatic heterocycles. The maximum absolute atomic E-state index is 13.0. The molecule has 0 spiro atoms. The van der Waals surface area contributed by atoms with Gasteiger partial charge in [-0.3, -0.25) is 14.3 Å². The predicted octanol–water partition coefficient (Wildman–Crippen LogP) is 2.88. The number of carbonyl (C=O) groups is 1. The first-order chi connectivity index (χ1) is 12.7. The Kier molecular flexibility index (Phi) is 4.91. The van der Waals surface area contributed by atoms with Crippen molar-refractivity contribution < 1.29 is 4.79 Å². The summed E-state index contributed by atoms with van der Waals surface area (Å²) >= 11 is 0. The van der Waals surface area contributed by atoms with Crippen molar-refractivity contribution >= 4 is 16.8 Å². The van der Waals surface area contributed by atoms with Crippen molar-refractivity contribution in [2.75, 3.05) is 7.05 Å². The fourth-order valence-electron chi connectivity index (χ4n) is 3.71. The minimum atomic E-state index is -0.0860. The van der Waals surface area contributed by atoms with Gasteiger partial charge in [0, 0.05) is 42.5 Å². The summed E-state index contributed by atoms with van der Waals surface area (Å²) in [4.78, 5) is 27.0. The zero-order valence-electron chi connectivity index (χ0n) is 16.8. The first-order valence-corrected chi connectivity index (χ1v) is 9.07. The number of likely N-dealkylation sites (N-methyl/N-ethyl adjacent to an activating group) is 1. The Morgan fingerprint density at radius 3 is 2.52 bits per heavy atom. The Morgan fingerprint density at radius 1 is 1.22 bits per heavy atom. The highest BCUT2D eigenvalue weighted by atomic mass is 16.2. The number of hydrogen-bond acceptors (Lipinski definition) is 3. The van der Waals surface area contributed by atoms with Crippen LogP contribution in [0.5, 0.6) is 0 Å². The van der Waals surface area contributed by atoms with Crippen molar-refractivity contribution in [2.24, 2.45) is 7.05 Å². The average molecular weight is 366 g/mol. The van der Waals surface area contributed by atoms with Gasteiger partial charge in [0.1, 0.15) is 6.54 Å². The van der Waals surface area contributed by atoms with E-state index < -0.39 is 0 Å². The molecule has 27 heavy (non-hydrogen) atoms. The van der Waals surface area contributed by atoms with E-state index in [0.29, 0.717) is 5.39 Å². The Balaban J connectivity index is 1.94. The number of para-hydroxylation sites is 1. The van der Waals surface area contributed by atoms with Crippen molar-refractivity contribution in [3.63, 3.8) is 0 Å². The lowest BCUT2D eigenvalue weighted by Gasteiger charge is -2.27. The summed E-state index contributed by atoms with van der Waals surface area (Å²) in [6.45, 7) is 8.05. The minimum Gasteiger partial charge on any atom is -0.337 e. The molecular formula is C21H26N4O2. The molecule has 1 aromatic carbocycles. The second-order valence-corrected chi connectivity index (χ2v) is 7.14. The molecular weight excluding hydrogens is 340 g/mol. The van der Waals surface area contributed by atoms with Crippen LogP contribution in [0, 0.1) is 20.8 Å². The van der Waals surface area contributed by atoms with Crippen LogP contribution in [0.1, 0.15) is 35.6 Å². The molecule has 142 valence electrons. The number of pyridine rings is 1. The van der Waals surface area contributed by atoms with E-state index in [4.69, 9.17) is 0 Å². The van der Waals surface area contributed by atoms with Gasteiger partial charge in [-0.2, -0.15) is 5.10 Å². The van der Waals surface area contributed by atoms with Gasteiger partial charge < -0.3 is 9.47 Å². The molecule has 0 aliphatic carbocycles. The molecule has 3 rings (SSSR count). The van der Waals surface area contributed by atoms with E-state index in [0.717, 1.165) is 28.2 Å². The van der Waals surface area contributed by atoms with Gasteiger partial charge in [0.15, 0.2) is 5.43 Å². The number of benzene rings is 1. The van der Waals surface area contributed by atoms with Gasteiger partial charge in [-0.15, -0.1) is 0 Å². The molecule has 6 heteroatoms. The minimum absolute atomic E-state index is 0.0120. The number of nitrogens with zero attached hydrogens (tertiary/aromatic N) is 4. The fourth-order valence-corrected chi connectivity index (χ4v) is 3.71. The summed E-state index contributed by atoms with van der Waals surface area (Å²) in [6.07, 6.45) is 0. The van der Waals surface area contributed by atoms with E-state index in [1.54, 1.807) is 17.0 Å². The fraction of sp³-hybridized carbons (Fsp3) is 0.381. The molecule has 0 radical (unpaired) electrons. The van der Waals surface area contributed by atoms with Gasteiger partial charge in [0.05, 0.1) is 17.3 Å². The highest BCUT2D eigenvalue weighted by Crippen LogP contribution is 2.25. The lowest BCUT2D eigenvalue weighted by molar-refractivity contribution is -0.132. The molecule has 1 atom stereocenters. The topological polar surface area (TPSA) is 60.1 Å². The molecule has 3 aromatic rings. The van der Waals surface area contributed by atoms with Crippen LogP contribution < -0.4 is 5.43 Å². The number of rotatable bonds is 4. The van der Waals surface area contributed by atoms with Gasteiger partial charge in [0.25, 0.3) is 0 Å². The first-order valence-electron chi connectivity index (χ1n) is 9.07. The van der Waals surface area contributed by atoms with Crippen LogP contribution >= 0.6 is 0 Å². The van der Waals surface area contributed by atoms with Crippen LogP contribution in [0.2, 0.25) is 0 Å². The number of hydrogen-bond donors (Lipinski definition) is 0. The van der Waals surface area contributed by atoms with Gasteiger partial charge in [-0.05, 0) is 39.8 Å². The van der Waals surface area contributed by atoms with Gasteiger partial charge in [0.2, 0.25) is 5.91 Å². The second kappa shape index (κ2) is 7.02. The highest BCUT2D eigenvalue weighted by molar-refractivity contribution is 5.82. The van der Waals surface area contributed by atoms with E-state index >= 15 is 0 Å². The van der Waals surface area contributed by atoms with Crippen LogP contribution in [-0.2, 0) is 18.4 Å². The molecule has 0 saturated heterocycles. The summed E-state index contributed by atoms with van der Waals surface area (Å²) in [7, 11) is 3.73. The molecule has 0 saturated carbocycles. The summed E-state index contributed by atoms with van der Waals surface area (Å²) in [5.41, 5.74) is 4.62. The quantitative estimate of drug-likeness (QED) is 0.713. The Labute approximate surface area is 159 Å². The summed E-state index contributed by atoms with van der Waals surface area (Å²) in [5, 5.41) is 5.09. The Morgan fingerprint density at radius 2 is 1.89 bits per heavy atom. The summed E-state index contributed by atoms with van der Waals surface area (Å²) in [6, 6.07) is 8.92. The lowest BCUT2D eigenvalue weighted by Crippen LogP contribution is -2.33. The van der Waals surface area contributed by atoms with Gasteiger partial charge in [-0.25, -0.2) is 0 Å². The van der Waals surface area contributed by atoms with Crippen LogP contribution in [0.25, 0.3) is 10.9 Å². The van der Waals surface area contributed by atoms with Crippen LogP contribution in [0.4, 0.5) is 0 Å². The molecule has 2 heterocycles. The van der Waals surface area contributed by atoms with Gasteiger partial charge >= 0.3 is 0 Å². The first kappa shape index (κ1) is 18.9.